The fourth-order valence-corrected chi connectivity index (χ4v) is 4.02. The minimum absolute atomic E-state index is 0.0104. The maximum absolute atomic E-state index is 13.2. The van der Waals surface area contributed by atoms with E-state index in [0.717, 1.165) is 4.31 Å². The molecule has 0 radical (unpaired) electrons. The molecule has 0 spiro atoms. The van der Waals surface area contributed by atoms with E-state index in [9.17, 15) is 22.7 Å². The zero-order valence-corrected chi connectivity index (χ0v) is 16.1. The summed E-state index contributed by atoms with van der Waals surface area (Å²) in [6, 6.07) is 8.90. The van der Waals surface area contributed by atoms with Crippen LogP contribution in [0.4, 0.5) is 10.1 Å². The summed E-state index contributed by atoms with van der Waals surface area (Å²) in [7, 11) is -2.85. The van der Waals surface area contributed by atoms with E-state index < -0.39 is 21.9 Å². The molecule has 4 rings (SSSR count). The summed E-state index contributed by atoms with van der Waals surface area (Å²) in [5, 5.41) is 16.4. The number of halogens is 1. The maximum atomic E-state index is 13.2. The van der Waals surface area contributed by atoms with Crippen LogP contribution in [-0.2, 0) is 23.3 Å². The number of carbonyl (C=O) groups excluding carboxylic acids is 1. The van der Waals surface area contributed by atoms with E-state index in [1.807, 2.05) is 0 Å². The Balaban J connectivity index is 1.88. The lowest BCUT2D eigenvalue weighted by Gasteiger charge is -2.22. The smallest absolute Gasteiger partial charge is 0.298 e. The van der Waals surface area contributed by atoms with Crippen molar-refractivity contribution < 1.29 is 22.7 Å². The van der Waals surface area contributed by atoms with Gasteiger partial charge in [-0.25, -0.2) is 9.53 Å². The minimum Gasteiger partial charge on any atom is -0.505 e. The van der Waals surface area contributed by atoms with Crippen molar-refractivity contribution in [1.29, 1.82) is 0 Å². The number of aromatic hydroxyl groups is 1. The average Bonchev–Trinajstić information content (AvgIpc) is 2.99. The zero-order valence-electron chi connectivity index (χ0n) is 15.3. The fraction of sp³-hybridized carbons (Fsp3) is 0.158. The third-order valence-electron chi connectivity index (χ3n) is 4.94. The summed E-state index contributed by atoms with van der Waals surface area (Å²) in [6.07, 6.45) is 1.44. The first-order valence-electron chi connectivity index (χ1n) is 8.61. The highest BCUT2D eigenvalue weighted by atomic mass is 32.2. The first-order valence-corrected chi connectivity index (χ1v) is 10.1. The van der Waals surface area contributed by atoms with E-state index in [1.54, 1.807) is 24.3 Å². The van der Waals surface area contributed by atoms with Crippen LogP contribution in [0.2, 0.25) is 0 Å². The van der Waals surface area contributed by atoms with Crippen LogP contribution >= 0.6 is 0 Å². The molecule has 150 valence electrons. The summed E-state index contributed by atoms with van der Waals surface area (Å²) in [5.41, 5.74) is 1.32. The molecule has 29 heavy (non-hydrogen) atoms. The van der Waals surface area contributed by atoms with E-state index in [0.29, 0.717) is 16.5 Å². The van der Waals surface area contributed by atoms with Gasteiger partial charge in [0, 0.05) is 37.3 Å². The summed E-state index contributed by atoms with van der Waals surface area (Å²) >= 11 is 0. The van der Waals surface area contributed by atoms with Gasteiger partial charge in [-0.15, -0.1) is 0 Å². The predicted octanol–water partition coefficient (Wildman–Crippen LogP) is 1.88. The Labute approximate surface area is 166 Å². The number of hydrogen-bond acceptors (Lipinski definition) is 5. The molecule has 0 unspecified atom stereocenters. The van der Waals surface area contributed by atoms with Gasteiger partial charge in [0.2, 0.25) is 0 Å². The van der Waals surface area contributed by atoms with E-state index in [4.69, 9.17) is 5.14 Å². The van der Waals surface area contributed by atoms with E-state index in [-0.39, 0.29) is 35.6 Å². The quantitative estimate of drug-likeness (QED) is 0.673. The Hall–Kier alpha value is -3.24. The fourth-order valence-electron chi connectivity index (χ4n) is 3.56. The monoisotopic (exact) mass is 416 g/mol. The van der Waals surface area contributed by atoms with Crippen LogP contribution in [0.1, 0.15) is 21.5 Å². The predicted molar refractivity (Wildman–Crippen MR) is 105 cm³/mol. The Morgan fingerprint density at radius 3 is 2.62 bits per heavy atom. The highest BCUT2D eigenvalue weighted by molar-refractivity contribution is 7.90. The molecule has 1 aliphatic heterocycles. The van der Waals surface area contributed by atoms with Crippen LogP contribution in [-0.4, -0.2) is 36.4 Å². The third kappa shape index (κ3) is 3.15. The molecule has 2 aromatic carbocycles. The number of hydrogen-bond donors (Lipinski definition) is 2. The van der Waals surface area contributed by atoms with Crippen LogP contribution in [0.15, 0.2) is 42.6 Å². The molecule has 3 aromatic rings. The zero-order chi connectivity index (χ0) is 20.9. The number of benzene rings is 2. The van der Waals surface area contributed by atoms with E-state index in [1.165, 1.54) is 30.3 Å². The molecule has 0 aliphatic carbocycles. The third-order valence-corrected chi connectivity index (χ3v) is 5.89. The van der Waals surface area contributed by atoms with Gasteiger partial charge in [-0.3, -0.25) is 14.1 Å². The second-order valence-corrected chi connectivity index (χ2v) is 8.33. The van der Waals surface area contributed by atoms with Gasteiger partial charge in [0.05, 0.1) is 11.3 Å². The first kappa shape index (κ1) is 19.1. The number of nitrogens with two attached hydrogens (primary N) is 1. The van der Waals surface area contributed by atoms with Gasteiger partial charge in [0.15, 0.2) is 5.75 Å². The maximum Gasteiger partial charge on any atom is 0.298 e. The molecule has 0 saturated carbocycles. The lowest BCUT2D eigenvalue weighted by molar-refractivity contribution is 0.0764. The number of fused-ring (bicyclic) bond motifs is 2. The molecular formula is C19H17FN4O4S. The second kappa shape index (κ2) is 6.68. The number of nitrogens with zero attached hydrogens (tertiary/aromatic N) is 3. The number of phenols is 1. The Bertz CT molecular complexity index is 1250. The van der Waals surface area contributed by atoms with Gasteiger partial charge in [-0.05, 0) is 29.8 Å². The standard InChI is InChI=1S/C19H17FN4O4S/c1-23(29(21,27)28)17-13-3-2-8-22-16(13)18(25)15-14(17)10-24(19(15)26)9-11-4-6-12(20)7-5-11/h2-8,25H,9-10H2,1H3,(H2,21,27,28). The molecule has 0 atom stereocenters. The topological polar surface area (TPSA) is 117 Å². The number of anilines is 1. The number of carbonyl (C=O) groups is 1. The van der Waals surface area contributed by atoms with Gasteiger partial charge in [0.1, 0.15) is 11.3 Å². The number of amides is 1. The lowest BCUT2D eigenvalue weighted by atomic mass is 10.0. The molecule has 1 aliphatic rings. The number of aromatic nitrogens is 1. The minimum atomic E-state index is -4.13. The van der Waals surface area contributed by atoms with Gasteiger partial charge in [0.25, 0.3) is 16.1 Å². The molecular weight excluding hydrogens is 399 g/mol. The van der Waals surface area contributed by atoms with Crippen LogP contribution < -0.4 is 9.44 Å². The van der Waals surface area contributed by atoms with Gasteiger partial charge < -0.3 is 10.0 Å². The lowest BCUT2D eigenvalue weighted by Crippen LogP contribution is -2.34. The summed E-state index contributed by atoms with van der Waals surface area (Å²) in [4.78, 5) is 18.6. The van der Waals surface area contributed by atoms with E-state index in [2.05, 4.69) is 4.98 Å². The van der Waals surface area contributed by atoms with E-state index >= 15 is 0 Å². The van der Waals surface area contributed by atoms with Crippen LogP contribution in [0, 0.1) is 5.82 Å². The number of rotatable bonds is 4. The Morgan fingerprint density at radius 2 is 1.97 bits per heavy atom. The second-order valence-electron chi connectivity index (χ2n) is 6.75. The average molecular weight is 416 g/mol. The molecule has 0 fully saturated rings. The highest BCUT2D eigenvalue weighted by Crippen LogP contribution is 2.44. The van der Waals surface area contributed by atoms with Crippen molar-refractivity contribution in [3.8, 4) is 5.75 Å². The van der Waals surface area contributed by atoms with Crippen molar-refractivity contribution in [3.63, 3.8) is 0 Å². The molecule has 2 heterocycles. The number of phenolic OH excluding ortho intramolecular Hbond substituents is 1. The molecule has 8 nitrogen and oxygen atoms in total. The van der Waals surface area contributed by atoms with Crippen LogP contribution in [0.5, 0.6) is 5.75 Å². The van der Waals surface area contributed by atoms with Crippen LogP contribution in [0.25, 0.3) is 10.9 Å². The molecule has 1 amide bonds. The van der Waals surface area contributed by atoms with Crippen LogP contribution in [0.3, 0.4) is 0 Å². The Morgan fingerprint density at radius 1 is 1.28 bits per heavy atom. The molecule has 10 heteroatoms. The number of pyridine rings is 1. The molecule has 0 saturated heterocycles. The SMILES string of the molecule is CN(c1c2c(c(O)c3ncccc13)C(=O)N(Cc1ccc(F)cc1)C2)S(N)(=O)=O. The van der Waals surface area contributed by atoms with Crippen molar-refractivity contribution in [3.05, 3.63) is 65.1 Å². The summed E-state index contributed by atoms with van der Waals surface area (Å²) in [6.45, 7) is 0.217. The highest BCUT2D eigenvalue weighted by Gasteiger charge is 2.37. The summed E-state index contributed by atoms with van der Waals surface area (Å²) < 4.78 is 38.1. The molecule has 3 N–H and O–H groups in total. The Kier molecular flexibility index (Phi) is 4.39. The normalized spacial score (nSPS) is 13.8. The van der Waals surface area contributed by atoms with Crippen molar-refractivity contribution in [2.75, 3.05) is 11.4 Å². The van der Waals surface area contributed by atoms with Crippen molar-refractivity contribution in [1.82, 2.24) is 9.88 Å². The van der Waals surface area contributed by atoms with Crippen molar-refractivity contribution in [2.24, 2.45) is 5.14 Å². The van der Waals surface area contributed by atoms with Crippen molar-refractivity contribution >= 4 is 32.7 Å². The van der Waals surface area contributed by atoms with Crippen molar-refractivity contribution in [2.45, 2.75) is 13.1 Å². The van der Waals surface area contributed by atoms with Gasteiger partial charge in [-0.1, -0.05) is 12.1 Å². The largest absolute Gasteiger partial charge is 0.505 e. The summed E-state index contributed by atoms with van der Waals surface area (Å²) in [5.74, 6) is -1.18. The first-order chi connectivity index (χ1) is 13.7. The molecule has 1 aromatic heterocycles. The van der Waals surface area contributed by atoms with Gasteiger partial charge in [-0.2, -0.15) is 8.42 Å². The van der Waals surface area contributed by atoms with Gasteiger partial charge >= 0.3 is 0 Å². The molecule has 0 bridgehead atoms.